The Bertz CT molecular complexity index is 1180. The fourth-order valence-electron chi connectivity index (χ4n) is 2.84. The summed E-state index contributed by atoms with van der Waals surface area (Å²) in [4.78, 5) is 20.5. The molecule has 9 nitrogen and oxygen atoms in total. The summed E-state index contributed by atoms with van der Waals surface area (Å²) in [6.45, 7) is 1.38. The van der Waals surface area contributed by atoms with E-state index in [-0.39, 0.29) is 26.9 Å². The molecule has 158 valence electrons. The maximum absolute atomic E-state index is 12.8. The molecule has 0 unspecified atom stereocenters. The Hall–Kier alpha value is -2.18. The molecule has 3 aromatic rings. The summed E-state index contributed by atoms with van der Waals surface area (Å²) in [5.74, 6) is -0.260. The number of carbonyl (C=O) groups excluding carboxylic acids is 1. The Morgan fingerprint density at radius 1 is 1.27 bits per heavy atom. The maximum Gasteiger partial charge on any atom is 0.257 e. The number of sulfonamides is 1. The molecule has 1 fully saturated rings. The zero-order chi connectivity index (χ0) is 21.1. The average molecular weight is 469 g/mol. The van der Waals surface area contributed by atoms with Gasteiger partial charge in [0.25, 0.3) is 5.22 Å². The van der Waals surface area contributed by atoms with Gasteiger partial charge in [-0.15, -0.1) is 0 Å². The SMILES string of the molecule is O=C(CSc1nc2cc(S(=O)(=O)N3CCOCC3)ccc2o1)Nc1cccnc1Cl. The van der Waals surface area contributed by atoms with Gasteiger partial charge in [-0.25, -0.2) is 18.4 Å². The number of pyridine rings is 1. The lowest BCUT2D eigenvalue weighted by Gasteiger charge is -2.25. The molecule has 3 heterocycles. The van der Waals surface area contributed by atoms with E-state index in [9.17, 15) is 13.2 Å². The van der Waals surface area contributed by atoms with E-state index in [1.165, 1.54) is 22.6 Å². The fraction of sp³-hybridized carbons (Fsp3) is 0.278. The molecule has 1 aromatic carbocycles. The van der Waals surface area contributed by atoms with Crippen molar-refractivity contribution < 1.29 is 22.4 Å². The van der Waals surface area contributed by atoms with Crippen molar-refractivity contribution in [2.45, 2.75) is 10.1 Å². The Balaban J connectivity index is 1.45. The molecule has 1 saturated heterocycles. The fourth-order valence-corrected chi connectivity index (χ4v) is 5.07. The van der Waals surface area contributed by atoms with Crippen LogP contribution in [0.15, 0.2) is 51.1 Å². The van der Waals surface area contributed by atoms with Gasteiger partial charge in [0.15, 0.2) is 10.7 Å². The quantitative estimate of drug-likeness (QED) is 0.433. The number of fused-ring (bicyclic) bond motifs is 1. The topological polar surface area (TPSA) is 115 Å². The minimum absolute atomic E-state index is 0.0387. The van der Waals surface area contributed by atoms with Crippen molar-refractivity contribution in [3.63, 3.8) is 0 Å². The number of carbonyl (C=O) groups is 1. The number of hydrogen-bond acceptors (Lipinski definition) is 8. The second-order valence-electron chi connectivity index (χ2n) is 6.30. The van der Waals surface area contributed by atoms with Crippen LogP contribution in [0.5, 0.6) is 0 Å². The third-order valence-electron chi connectivity index (χ3n) is 4.31. The van der Waals surface area contributed by atoms with Gasteiger partial charge in [-0.1, -0.05) is 23.4 Å². The van der Waals surface area contributed by atoms with Crippen molar-refractivity contribution in [2.75, 3.05) is 37.4 Å². The zero-order valence-electron chi connectivity index (χ0n) is 15.6. The van der Waals surface area contributed by atoms with Crippen molar-refractivity contribution in [1.82, 2.24) is 14.3 Å². The number of thioether (sulfide) groups is 1. The number of benzene rings is 1. The Morgan fingerprint density at radius 2 is 2.07 bits per heavy atom. The van der Waals surface area contributed by atoms with Crippen molar-refractivity contribution in [2.24, 2.45) is 0 Å². The molecule has 0 spiro atoms. The monoisotopic (exact) mass is 468 g/mol. The van der Waals surface area contributed by atoms with Gasteiger partial charge >= 0.3 is 0 Å². The van der Waals surface area contributed by atoms with E-state index in [1.807, 2.05) is 0 Å². The minimum atomic E-state index is -3.63. The summed E-state index contributed by atoms with van der Waals surface area (Å²) in [6, 6.07) is 7.84. The van der Waals surface area contributed by atoms with E-state index < -0.39 is 10.0 Å². The number of rotatable bonds is 6. The van der Waals surface area contributed by atoms with Crippen LogP contribution in [0.1, 0.15) is 0 Å². The highest BCUT2D eigenvalue weighted by atomic mass is 35.5. The largest absolute Gasteiger partial charge is 0.431 e. The first kappa shape index (κ1) is 21.1. The Kier molecular flexibility index (Phi) is 6.25. The lowest BCUT2D eigenvalue weighted by molar-refractivity contribution is -0.113. The zero-order valence-corrected chi connectivity index (χ0v) is 18.0. The summed E-state index contributed by atoms with van der Waals surface area (Å²) in [5, 5.41) is 3.12. The van der Waals surface area contributed by atoms with Crippen LogP contribution in [0.4, 0.5) is 5.69 Å². The Labute approximate surface area is 181 Å². The second-order valence-corrected chi connectivity index (χ2v) is 9.53. The van der Waals surface area contributed by atoms with Gasteiger partial charge in [0.05, 0.1) is 29.5 Å². The van der Waals surface area contributed by atoms with Gasteiger partial charge in [0, 0.05) is 19.3 Å². The number of morpholine rings is 1. The number of oxazole rings is 1. The van der Waals surface area contributed by atoms with Gasteiger partial charge in [0.2, 0.25) is 15.9 Å². The lowest BCUT2D eigenvalue weighted by Crippen LogP contribution is -2.40. The molecule has 1 N–H and O–H groups in total. The van der Waals surface area contributed by atoms with Gasteiger partial charge in [-0.3, -0.25) is 4.79 Å². The highest BCUT2D eigenvalue weighted by molar-refractivity contribution is 7.99. The molecule has 1 aliphatic heterocycles. The van der Waals surface area contributed by atoms with Crippen LogP contribution in [0, 0.1) is 0 Å². The number of halogens is 1. The molecular weight excluding hydrogens is 452 g/mol. The predicted molar refractivity (Wildman–Crippen MR) is 112 cm³/mol. The van der Waals surface area contributed by atoms with Crippen LogP contribution in [0.2, 0.25) is 5.15 Å². The summed E-state index contributed by atoms with van der Waals surface area (Å²) >= 11 is 7.01. The molecule has 1 aliphatic rings. The number of aromatic nitrogens is 2. The number of amides is 1. The van der Waals surface area contributed by atoms with Crippen molar-refractivity contribution in [3.05, 3.63) is 41.7 Å². The summed E-state index contributed by atoms with van der Waals surface area (Å²) in [6.07, 6.45) is 1.53. The maximum atomic E-state index is 12.8. The molecule has 0 atom stereocenters. The smallest absolute Gasteiger partial charge is 0.257 e. The normalized spacial score (nSPS) is 15.4. The third-order valence-corrected chi connectivity index (χ3v) is 7.33. The van der Waals surface area contributed by atoms with E-state index in [0.717, 1.165) is 11.8 Å². The number of hydrogen-bond donors (Lipinski definition) is 1. The molecule has 12 heteroatoms. The van der Waals surface area contributed by atoms with Crippen LogP contribution in [0.25, 0.3) is 11.1 Å². The third kappa shape index (κ3) is 4.60. The van der Waals surface area contributed by atoms with Crippen LogP contribution in [-0.4, -0.2) is 60.7 Å². The first-order valence-electron chi connectivity index (χ1n) is 8.95. The van der Waals surface area contributed by atoms with Gasteiger partial charge in [-0.05, 0) is 30.3 Å². The molecular formula is C18H17ClN4O5S2. The van der Waals surface area contributed by atoms with Crippen LogP contribution in [-0.2, 0) is 19.6 Å². The summed E-state index contributed by atoms with van der Waals surface area (Å²) in [5.41, 5.74) is 1.26. The number of ether oxygens (including phenoxy) is 1. The number of nitrogens with zero attached hydrogens (tertiary/aromatic N) is 3. The standard InChI is InChI=1S/C18H17ClN4O5S2/c19-17-13(2-1-5-20-17)21-16(24)11-29-18-22-14-10-12(3-4-15(14)28-18)30(25,26)23-6-8-27-9-7-23/h1-5,10H,6-9,11H2,(H,21,24). The molecule has 0 bridgehead atoms. The molecule has 0 aliphatic carbocycles. The predicted octanol–water partition coefficient (Wildman–Crippen LogP) is 2.63. The molecule has 4 rings (SSSR count). The first-order chi connectivity index (χ1) is 14.4. The van der Waals surface area contributed by atoms with Crippen LogP contribution in [0.3, 0.4) is 0 Å². The number of nitrogens with one attached hydrogen (secondary N) is 1. The van der Waals surface area contributed by atoms with Crippen molar-refractivity contribution >= 4 is 56.1 Å². The Morgan fingerprint density at radius 3 is 2.83 bits per heavy atom. The molecule has 1 amide bonds. The van der Waals surface area contributed by atoms with Crippen LogP contribution >= 0.6 is 23.4 Å². The van der Waals surface area contributed by atoms with Crippen molar-refractivity contribution in [1.29, 1.82) is 0 Å². The minimum Gasteiger partial charge on any atom is -0.431 e. The average Bonchev–Trinajstić information content (AvgIpc) is 3.17. The van der Waals surface area contributed by atoms with Gasteiger partial charge in [-0.2, -0.15) is 4.31 Å². The van der Waals surface area contributed by atoms with Crippen molar-refractivity contribution in [3.8, 4) is 0 Å². The first-order valence-corrected chi connectivity index (χ1v) is 11.8. The highest BCUT2D eigenvalue weighted by Crippen LogP contribution is 2.27. The van der Waals surface area contributed by atoms with Gasteiger partial charge < -0.3 is 14.5 Å². The van der Waals surface area contributed by atoms with E-state index in [2.05, 4.69) is 15.3 Å². The van der Waals surface area contributed by atoms with E-state index >= 15 is 0 Å². The van der Waals surface area contributed by atoms with E-state index in [4.69, 9.17) is 20.8 Å². The molecule has 30 heavy (non-hydrogen) atoms. The number of anilines is 1. The van der Waals surface area contributed by atoms with Crippen LogP contribution < -0.4 is 5.32 Å². The molecule has 0 radical (unpaired) electrons. The molecule has 0 saturated carbocycles. The lowest BCUT2D eigenvalue weighted by atomic mass is 10.3. The summed E-state index contributed by atoms with van der Waals surface area (Å²) in [7, 11) is -3.63. The summed E-state index contributed by atoms with van der Waals surface area (Å²) < 4.78 is 37.8. The molecule has 2 aromatic heterocycles. The second kappa shape index (κ2) is 8.90. The van der Waals surface area contributed by atoms with Gasteiger partial charge in [0.1, 0.15) is 5.52 Å². The van der Waals surface area contributed by atoms with E-state index in [0.29, 0.717) is 43.1 Å². The van der Waals surface area contributed by atoms with E-state index in [1.54, 1.807) is 18.2 Å². The highest BCUT2D eigenvalue weighted by Gasteiger charge is 2.27.